The van der Waals surface area contributed by atoms with Crippen LogP contribution in [0.1, 0.15) is 15.9 Å². The van der Waals surface area contributed by atoms with Crippen LogP contribution in [0.5, 0.6) is 0 Å². The molecule has 0 atom stereocenters. The fourth-order valence-corrected chi connectivity index (χ4v) is 1.96. The van der Waals surface area contributed by atoms with Crippen LogP contribution in [0.3, 0.4) is 0 Å². The monoisotopic (exact) mass is 307 g/mol. The van der Waals surface area contributed by atoms with Gasteiger partial charge in [-0.1, -0.05) is 41.4 Å². The van der Waals surface area contributed by atoms with Crippen LogP contribution >= 0.6 is 23.2 Å². The van der Waals surface area contributed by atoms with E-state index in [2.05, 4.69) is 10.5 Å². The minimum absolute atomic E-state index is 0.0784. The number of benzene rings is 2. The van der Waals surface area contributed by atoms with E-state index in [1.165, 1.54) is 18.3 Å². The molecule has 0 heterocycles. The molecule has 20 heavy (non-hydrogen) atoms. The zero-order chi connectivity index (χ0) is 14.5. The van der Waals surface area contributed by atoms with Crippen molar-refractivity contribution in [2.24, 2.45) is 5.10 Å². The fraction of sp³-hybridized carbons (Fsp3) is 0. The predicted molar refractivity (Wildman–Crippen MR) is 78.5 cm³/mol. The highest BCUT2D eigenvalue weighted by atomic mass is 35.5. The third-order valence-corrected chi connectivity index (χ3v) is 3.02. The number of nitrogens with zero attached hydrogens (tertiary/aromatic N) is 1. The molecule has 0 aromatic heterocycles. The van der Waals surface area contributed by atoms with Gasteiger partial charge in [0.15, 0.2) is 0 Å². The van der Waals surface area contributed by atoms with Crippen LogP contribution in [-0.4, -0.2) is 12.2 Å². The number of hydrogen-bond donors (Lipinski definition) is 1. The summed E-state index contributed by atoms with van der Waals surface area (Å²) in [6.07, 6.45) is 1.52. The Bertz CT molecular complexity index is 672. The number of carboxylic acids is 1. The van der Waals surface area contributed by atoms with Gasteiger partial charge in [0.2, 0.25) is 0 Å². The molecule has 0 amide bonds. The molecule has 1 N–H and O–H groups in total. The lowest BCUT2D eigenvalue weighted by Gasteiger charge is -2.05. The smallest absolute Gasteiger partial charge is 0.0716 e. The number of carbonyl (C=O) groups is 1. The minimum atomic E-state index is -1.24. The van der Waals surface area contributed by atoms with Gasteiger partial charge < -0.3 is 9.90 Å². The van der Waals surface area contributed by atoms with Crippen molar-refractivity contribution in [3.05, 3.63) is 63.6 Å². The van der Waals surface area contributed by atoms with Gasteiger partial charge in [-0.05, 0) is 29.8 Å². The van der Waals surface area contributed by atoms with Crippen molar-refractivity contribution in [1.82, 2.24) is 0 Å². The molecule has 0 aliphatic rings. The lowest BCUT2D eigenvalue weighted by Crippen LogP contribution is -2.22. The average molecular weight is 308 g/mol. The summed E-state index contributed by atoms with van der Waals surface area (Å²) in [7, 11) is 0. The highest BCUT2D eigenvalue weighted by molar-refractivity contribution is 6.36. The standard InChI is InChI=1S/C14H10Cl2N2O2/c15-11-5-4-10(13(16)7-11)8-17-18-12-3-1-2-9(6-12)14(19)20/h1-8,18H,(H,19,20)/p-1/b17-8-. The number of nitrogens with one attached hydrogen (secondary N) is 1. The average Bonchev–Trinajstić information content (AvgIpc) is 2.41. The Morgan fingerprint density at radius 2 is 2.00 bits per heavy atom. The van der Waals surface area contributed by atoms with Gasteiger partial charge >= 0.3 is 0 Å². The maximum Gasteiger partial charge on any atom is 0.0716 e. The van der Waals surface area contributed by atoms with E-state index < -0.39 is 5.97 Å². The second-order valence-electron chi connectivity index (χ2n) is 3.90. The number of hydrazone groups is 1. The van der Waals surface area contributed by atoms with Crippen molar-refractivity contribution in [2.45, 2.75) is 0 Å². The summed E-state index contributed by atoms with van der Waals surface area (Å²) < 4.78 is 0. The molecule has 0 bridgehead atoms. The van der Waals surface area contributed by atoms with Gasteiger partial charge in [0.1, 0.15) is 0 Å². The molecule has 2 rings (SSSR count). The molecule has 0 aliphatic carbocycles. The number of aromatic carboxylic acids is 1. The van der Waals surface area contributed by atoms with E-state index in [0.29, 0.717) is 21.3 Å². The van der Waals surface area contributed by atoms with Crippen molar-refractivity contribution >= 4 is 41.1 Å². The lowest BCUT2D eigenvalue weighted by atomic mass is 10.2. The van der Waals surface area contributed by atoms with Gasteiger partial charge in [-0.15, -0.1) is 0 Å². The molecule has 0 saturated carbocycles. The topological polar surface area (TPSA) is 64.5 Å². The van der Waals surface area contributed by atoms with Gasteiger partial charge in [0, 0.05) is 10.6 Å². The largest absolute Gasteiger partial charge is 0.545 e. The Morgan fingerprint density at radius 3 is 2.70 bits per heavy atom. The van der Waals surface area contributed by atoms with Crippen LogP contribution < -0.4 is 10.5 Å². The van der Waals surface area contributed by atoms with E-state index in [1.54, 1.807) is 30.3 Å². The van der Waals surface area contributed by atoms with E-state index in [-0.39, 0.29) is 5.56 Å². The maximum absolute atomic E-state index is 10.7. The van der Waals surface area contributed by atoms with E-state index in [9.17, 15) is 9.90 Å². The predicted octanol–water partition coefficient (Wildman–Crippen LogP) is 2.80. The molecule has 0 fully saturated rings. The molecular formula is C14H9Cl2N2O2-. The van der Waals surface area contributed by atoms with E-state index in [0.717, 1.165) is 0 Å². The first-order valence-corrected chi connectivity index (χ1v) is 6.37. The summed E-state index contributed by atoms with van der Waals surface area (Å²) in [5, 5.41) is 15.7. The molecule has 2 aromatic carbocycles. The van der Waals surface area contributed by atoms with Crippen LogP contribution in [0.25, 0.3) is 0 Å². The second-order valence-corrected chi connectivity index (χ2v) is 4.75. The van der Waals surface area contributed by atoms with E-state index >= 15 is 0 Å². The molecule has 4 nitrogen and oxygen atoms in total. The third kappa shape index (κ3) is 3.73. The van der Waals surface area contributed by atoms with E-state index in [1.807, 2.05) is 0 Å². The van der Waals surface area contributed by atoms with Crippen molar-refractivity contribution < 1.29 is 9.90 Å². The molecular weight excluding hydrogens is 299 g/mol. The van der Waals surface area contributed by atoms with Gasteiger partial charge in [0.05, 0.1) is 22.9 Å². The number of carboxylic acid groups (broad SMARTS) is 1. The Hall–Kier alpha value is -2.04. The number of rotatable bonds is 4. The van der Waals surface area contributed by atoms with Crippen LogP contribution in [-0.2, 0) is 0 Å². The summed E-state index contributed by atoms with van der Waals surface area (Å²) in [6, 6.07) is 11.2. The van der Waals surface area contributed by atoms with Gasteiger partial charge in [-0.25, -0.2) is 0 Å². The van der Waals surface area contributed by atoms with Crippen molar-refractivity contribution in [3.63, 3.8) is 0 Å². The highest BCUT2D eigenvalue weighted by Gasteiger charge is 1.98. The van der Waals surface area contributed by atoms with Crippen molar-refractivity contribution in [1.29, 1.82) is 0 Å². The first kappa shape index (κ1) is 14.4. The van der Waals surface area contributed by atoms with Crippen molar-refractivity contribution in [2.75, 3.05) is 5.43 Å². The fourth-order valence-electron chi connectivity index (χ4n) is 1.50. The molecule has 0 saturated heterocycles. The van der Waals surface area contributed by atoms with Gasteiger partial charge in [-0.3, -0.25) is 5.43 Å². The van der Waals surface area contributed by atoms with Gasteiger partial charge in [-0.2, -0.15) is 5.10 Å². The SMILES string of the molecule is O=C([O-])c1cccc(N/N=C\c2ccc(Cl)cc2Cl)c1. The van der Waals surface area contributed by atoms with Crippen molar-refractivity contribution in [3.8, 4) is 0 Å². The zero-order valence-electron chi connectivity index (χ0n) is 10.1. The third-order valence-electron chi connectivity index (χ3n) is 2.46. The molecule has 0 unspecified atom stereocenters. The highest BCUT2D eigenvalue weighted by Crippen LogP contribution is 2.19. The zero-order valence-corrected chi connectivity index (χ0v) is 11.7. The first-order chi connectivity index (χ1) is 9.56. The second kappa shape index (κ2) is 6.41. The minimum Gasteiger partial charge on any atom is -0.545 e. The van der Waals surface area contributed by atoms with Crippen LogP contribution in [0, 0.1) is 0 Å². The summed E-state index contributed by atoms with van der Waals surface area (Å²) in [6.45, 7) is 0. The molecule has 2 aromatic rings. The van der Waals surface area contributed by atoms with Crippen LogP contribution in [0.2, 0.25) is 10.0 Å². The Labute approximate surface area is 125 Å². The maximum atomic E-state index is 10.7. The number of carbonyl (C=O) groups excluding carboxylic acids is 1. The Kier molecular flexibility index (Phi) is 4.61. The van der Waals surface area contributed by atoms with Crippen LogP contribution in [0.15, 0.2) is 47.6 Å². The molecule has 6 heteroatoms. The van der Waals surface area contributed by atoms with Gasteiger partial charge in [0.25, 0.3) is 0 Å². The summed E-state index contributed by atoms with van der Waals surface area (Å²) in [5.74, 6) is -1.24. The normalized spacial score (nSPS) is 10.7. The molecule has 0 aliphatic heterocycles. The summed E-state index contributed by atoms with van der Waals surface area (Å²) in [5.41, 5.74) is 4.02. The summed E-state index contributed by atoms with van der Waals surface area (Å²) in [4.78, 5) is 10.7. The Morgan fingerprint density at radius 1 is 1.20 bits per heavy atom. The number of hydrogen-bond acceptors (Lipinski definition) is 4. The molecule has 0 spiro atoms. The number of anilines is 1. The lowest BCUT2D eigenvalue weighted by molar-refractivity contribution is -0.255. The first-order valence-electron chi connectivity index (χ1n) is 5.62. The summed E-state index contributed by atoms with van der Waals surface area (Å²) >= 11 is 11.8. The van der Waals surface area contributed by atoms with E-state index in [4.69, 9.17) is 23.2 Å². The van der Waals surface area contributed by atoms with Crippen LogP contribution in [0.4, 0.5) is 5.69 Å². The Balaban J connectivity index is 2.10. The molecule has 0 radical (unpaired) electrons. The number of halogens is 2. The quantitative estimate of drug-likeness (QED) is 0.698. The molecule has 102 valence electrons.